The lowest BCUT2D eigenvalue weighted by molar-refractivity contribution is 0.0594. The van der Waals surface area contributed by atoms with E-state index in [1.54, 1.807) is 0 Å². The molecule has 0 aromatic rings. The molecule has 0 aromatic heterocycles. The Balaban J connectivity index is 2.06. The van der Waals surface area contributed by atoms with E-state index < -0.39 is 0 Å². The lowest BCUT2D eigenvalue weighted by atomic mass is 9.96. The average molecular weight is 228 g/mol. The van der Waals surface area contributed by atoms with Gasteiger partial charge in [-0.05, 0) is 38.8 Å². The Hall–Kier alpha value is -0.120. The van der Waals surface area contributed by atoms with Crippen molar-refractivity contribution < 1.29 is 4.74 Å². The first kappa shape index (κ1) is 13.9. The zero-order chi connectivity index (χ0) is 11.9. The summed E-state index contributed by atoms with van der Waals surface area (Å²) in [6.45, 7) is 9.38. The first-order valence-corrected chi connectivity index (χ1v) is 6.79. The van der Waals surface area contributed by atoms with E-state index in [4.69, 9.17) is 10.5 Å². The normalized spacial score (nSPS) is 18.9. The van der Waals surface area contributed by atoms with Crippen molar-refractivity contribution in [3.63, 3.8) is 0 Å². The molecule has 1 aliphatic heterocycles. The van der Waals surface area contributed by atoms with E-state index in [9.17, 15) is 0 Å². The van der Waals surface area contributed by atoms with Crippen molar-refractivity contribution in [3.8, 4) is 0 Å². The van der Waals surface area contributed by atoms with E-state index in [-0.39, 0.29) is 5.54 Å². The zero-order valence-electron chi connectivity index (χ0n) is 11.0. The molecule has 96 valence electrons. The summed E-state index contributed by atoms with van der Waals surface area (Å²) in [6, 6.07) is 0. The molecule has 1 heterocycles. The number of hydrogen-bond acceptors (Lipinski definition) is 3. The van der Waals surface area contributed by atoms with Gasteiger partial charge in [0.05, 0.1) is 13.2 Å². The first-order valence-electron chi connectivity index (χ1n) is 6.79. The van der Waals surface area contributed by atoms with Crippen LogP contribution in [0.2, 0.25) is 0 Å². The van der Waals surface area contributed by atoms with Crippen molar-refractivity contribution in [1.82, 2.24) is 4.90 Å². The molecule has 1 aliphatic rings. The number of hydrogen-bond donors (Lipinski definition) is 1. The summed E-state index contributed by atoms with van der Waals surface area (Å²) >= 11 is 0. The van der Waals surface area contributed by atoms with Crippen LogP contribution in [0.15, 0.2) is 0 Å². The molecule has 1 rings (SSSR count). The van der Waals surface area contributed by atoms with E-state index in [0.717, 1.165) is 26.0 Å². The molecule has 0 aromatic carbocycles. The number of likely N-dealkylation sites (tertiary alicyclic amines) is 1. The Labute approximate surface area is 100 Å². The molecule has 1 saturated heterocycles. The van der Waals surface area contributed by atoms with E-state index in [0.29, 0.717) is 6.61 Å². The average Bonchev–Trinajstić information content (AvgIpc) is 2.36. The number of piperidine rings is 1. The fourth-order valence-corrected chi connectivity index (χ4v) is 2.11. The predicted molar refractivity (Wildman–Crippen MR) is 68.6 cm³/mol. The van der Waals surface area contributed by atoms with E-state index in [1.807, 2.05) is 0 Å². The summed E-state index contributed by atoms with van der Waals surface area (Å²) in [6.07, 6.45) is 6.09. The SMILES string of the molecule is CCC(N)(CC)COCCN1CCCCC1. The van der Waals surface area contributed by atoms with Gasteiger partial charge in [-0.15, -0.1) is 0 Å². The van der Waals surface area contributed by atoms with E-state index in [2.05, 4.69) is 18.7 Å². The van der Waals surface area contributed by atoms with Gasteiger partial charge in [-0.25, -0.2) is 0 Å². The van der Waals surface area contributed by atoms with Crippen molar-refractivity contribution in [2.75, 3.05) is 32.8 Å². The van der Waals surface area contributed by atoms with Crippen LogP contribution >= 0.6 is 0 Å². The Morgan fingerprint density at radius 1 is 1.12 bits per heavy atom. The molecule has 0 bridgehead atoms. The number of nitrogens with two attached hydrogens (primary N) is 1. The molecule has 3 nitrogen and oxygen atoms in total. The van der Waals surface area contributed by atoms with Gasteiger partial charge in [0.15, 0.2) is 0 Å². The topological polar surface area (TPSA) is 38.5 Å². The van der Waals surface area contributed by atoms with Crippen LogP contribution in [0.1, 0.15) is 46.0 Å². The third-order valence-corrected chi connectivity index (χ3v) is 3.80. The van der Waals surface area contributed by atoms with Gasteiger partial charge >= 0.3 is 0 Å². The largest absolute Gasteiger partial charge is 0.378 e. The van der Waals surface area contributed by atoms with Gasteiger partial charge in [0.2, 0.25) is 0 Å². The lowest BCUT2D eigenvalue weighted by Gasteiger charge is -2.29. The van der Waals surface area contributed by atoms with Gasteiger partial charge in [0.25, 0.3) is 0 Å². The maximum atomic E-state index is 6.18. The monoisotopic (exact) mass is 228 g/mol. The van der Waals surface area contributed by atoms with Gasteiger partial charge in [0, 0.05) is 12.1 Å². The summed E-state index contributed by atoms with van der Waals surface area (Å²) in [5.74, 6) is 0. The molecule has 3 heteroatoms. The van der Waals surface area contributed by atoms with Gasteiger partial charge in [0.1, 0.15) is 0 Å². The molecule has 0 radical (unpaired) electrons. The summed E-state index contributed by atoms with van der Waals surface area (Å²) in [7, 11) is 0. The minimum absolute atomic E-state index is 0.109. The van der Waals surface area contributed by atoms with Crippen LogP contribution in [0, 0.1) is 0 Å². The molecule has 16 heavy (non-hydrogen) atoms. The fourth-order valence-electron chi connectivity index (χ4n) is 2.11. The first-order chi connectivity index (χ1) is 7.70. The molecule has 0 saturated carbocycles. The van der Waals surface area contributed by atoms with Gasteiger partial charge in [-0.3, -0.25) is 0 Å². The Morgan fingerprint density at radius 2 is 1.75 bits per heavy atom. The van der Waals surface area contributed by atoms with Gasteiger partial charge in [-0.1, -0.05) is 20.3 Å². The van der Waals surface area contributed by atoms with E-state index >= 15 is 0 Å². The van der Waals surface area contributed by atoms with Crippen molar-refractivity contribution in [3.05, 3.63) is 0 Å². The fraction of sp³-hybridized carbons (Fsp3) is 1.00. The minimum atomic E-state index is -0.109. The lowest BCUT2D eigenvalue weighted by Crippen LogP contribution is -2.44. The number of nitrogens with zero attached hydrogens (tertiary/aromatic N) is 1. The molecule has 0 amide bonds. The summed E-state index contributed by atoms with van der Waals surface area (Å²) in [5.41, 5.74) is 6.07. The van der Waals surface area contributed by atoms with Crippen molar-refractivity contribution in [1.29, 1.82) is 0 Å². The molecule has 1 fully saturated rings. The van der Waals surface area contributed by atoms with Crippen LogP contribution in [-0.4, -0.2) is 43.3 Å². The molecule has 0 aliphatic carbocycles. The summed E-state index contributed by atoms with van der Waals surface area (Å²) in [4.78, 5) is 2.50. The Bertz CT molecular complexity index is 175. The summed E-state index contributed by atoms with van der Waals surface area (Å²) < 4.78 is 5.72. The predicted octanol–water partition coefficient (Wildman–Crippen LogP) is 2.01. The smallest absolute Gasteiger partial charge is 0.0646 e. The van der Waals surface area contributed by atoms with Crippen molar-refractivity contribution >= 4 is 0 Å². The van der Waals surface area contributed by atoms with Gasteiger partial charge in [-0.2, -0.15) is 0 Å². The Kier molecular flexibility index (Phi) is 6.32. The molecule has 0 unspecified atom stereocenters. The maximum Gasteiger partial charge on any atom is 0.0646 e. The highest BCUT2D eigenvalue weighted by Crippen LogP contribution is 2.12. The van der Waals surface area contributed by atoms with Crippen LogP contribution in [0.4, 0.5) is 0 Å². The van der Waals surface area contributed by atoms with Crippen LogP contribution in [0.3, 0.4) is 0 Å². The molecule has 0 spiro atoms. The molecular formula is C13H28N2O. The number of rotatable bonds is 7. The highest BCUT2D eigenvalue weighted by molar-refractivity contribution is 4.80. The Morgan fingerprint density at radius 3 is 2.31 bits per heavy atom. The highest BCUT2D eigenvalue weighted by atomic mass is 16.5. The highest BCUT2D eigenvalue weighted by Gasteiger charge is 2.20. The zero-order valence-corrected chi connectivity index (χ0v) is 11.0. The quantitative estimate of drug-likeness (QED) is 0.677. The number of ether oxygens (including phenoxy) is 1. The van der Waals surface area contributed by atoms with Crippen LogP contribution in [-0.2, 0) is 4.74 Å². The molecule has 2 N–H and O–H groups in total. The van der Waals surface area contributed by atoms with Crippen LogP contribution in [0.25, 0.3) is 0 Å². The second kappa shape index (κ2) is 7.25. The van der Waals surface area contributed by atoms with Gasteiger partial charge < -0.3 is 15.4 Å². The molecule has 0 atom stereocenters. The third-order valence-electron chi connectivity index (χ3n) is 3.80. The van der Waals surface area contributed by atoms with Crippen LogP contribution < -0.4 is 5.73 Å². The molecular weight excluding hydrogens is 200 g/mol. The second-order valence-electron chi connectivity index (χ2n) is 5.02. The van der Waals surface area contributed by atoms with Crippen molar-refractivity contribution in [2.24, 2.45) is 5.73 Å². The van der Waals surface area contributed by atoms with E-state index in [1.165, 1.54) is 32.4 Å². The third kappa shape index (κ3) is 4.81. The van der Waals surface area contributed by atoms with Crippen LogP contribution in [0.5, 0.6) is 0 Å². The second-order valence-corrected chi connectivity index (χ2v) is 5.02. The minimum Gasteiger partial charge on any atom is -0.378 e. The standard InChI is InChI=1S/C13H28N2O/c1-3-13(14,4-2)12-16-11-10-15-8-6-5-7-9-15/h3-12,14H2,1-2H3. The summed E-state index contributed by atoms with van der Waals surface area (Å²) in [5, 5.41) is 0. The maximum absolute atomic E-state index is 6.18. The van der Waals surface area contributed by atoms with Crippen molar-refractivity contribution in [2.45, 2.75) is 51.5 Å².